The van der Waals surface area contributed by atoms with Crippen molar-refractivity contribution in [3.63, 3.8) is 0 Å². The van der Waals surface area contributed by atoms with Gasteiger partial charge in [-0.2, -0.15) is 0 Å². The maximum atomic E-state index is 9.57. The number of carboxylic acids is 1. The summed E-state index contributed by atoms with van der Waals surface area (Å²) in [6.45, 7) is 0. The highest BCUT2D eigenvalue weighted by molar-refractivity contribution is 5.71. The van der Waals surface area contributed by atoms with Crippen molar-refractivity contribution in [2.75, 3.05) is 0 Å². The lowest BCUT2D eigenvalue weighted by molar-refractivity contribution is -0.146. The molecule has 0 radical (unpaired) electrons. The van der Waals surface area contributed by atoms with Crippen molar-refractivity contribution in [3.8, 4) is 0 Å². The molecule has 0 saturated carbocycles. The first-order chi connectivity index (χ1) is 3.68. The minimum absolute atomic E-state index is 1.55. The largest absolute Gasteiger partial charge is 0.479 e. The number of aliphatic carboxylic acids is 1. The van der Waals surface area contributed by atoms with E-state index in [0.29, 0.717) is 0 Å². The van der Waals surface area contributed by atoms with Crippen LogP contribution in [-0.4, -0.2) is 22.4 Å². The Morgan fingerprint density at radius 3 is 2.50 bits per heavy atom. The second-order valence-electron chi connectivity index (χ2n) is 0.917. The summed E-state index contributed by atoms with van der Waals surface area (Å²) in [5.41, 5.74) is 7.52. The standard InChI is InChI=1S/C2H3N3O3/c3-5-4-1(6)2(7)8/h1,6H,(H,7,8). The molecule has 0 amide bonds. The van der Waals surface area contributed by atoms with Gasteiger partial charge < -0.3 is 10.2 Å². The third-order valence-electron chi connectivity index (χ3n) is 0.382. The molecular weight excluding hydrogens is 114 g/mol. The molecule has 44 valence electrons. The van der Waals surface area contributed by atoms with Gasteiger partial charge >= 0.3 is 5.97 Å². The van der Waals surface area contributed by atoms with Crippen molar-refractivity contribution >= 4 is 5.97 Å². The summed E-state index contributed by atoms with van der Waals surface area (Å²) in [5.74, 6) is -1.55. The van der Waals surface area contributed by atoms with E-state index in [4.69, 9.17) is 15.7 Å². The number of carbonyl (C=O) groups is 1. The molecule has 6 heteroatoms. The lowest BCUT2D eigenvalue weighted by Gasteiger charge is -1.89. The van der Waals surface area contributed by atoms with Gasteiger partial charge in [-0.05, 0) is 5.53 Å². The number of aliphatic hydroxyl groups excluding tert-OH is 1. The maximum absolute atomic E-state index is 9.57. The molecular formula is C2H3N3O3. The van der Waals surface area contributed by atoms with Crippen LogP contribution in [0.4, 0.5) is 0 Å². The van der Waals surface area contributed by atoms with Crippen molar-refractivity contribution in [2.45, 2.75) is 6.23 Å². The SMILES string of the molecule is [N-]=[N+]=NC(O)C(=O)O. The molecule has 6 nitrogen and oxygen atoms in total. The zero-order valence-corrected chi connectivity index (χ0v) is 3.72. The molecule has 0 spiro atoms. The average Bonchev–Trinajstić information content (AvgIpc) is 1.67. The summed E-state index contributed by atoms with van der Waals surface area (Å²) in [4.78, 5) is 11.6. The Bertz CT molecular complexity index is 135. The van der Waals surface area contributed by atoms with Crippen LogP contribution >= 0.6 is 0 Å². The normalized spacial score (nSPS) is 11.6. The van der Waals surface area contributed by atoms with Gasteiger partial charge in [0, 0.05) is 4.91 Å². The van der Waals surface area contributed by atoms with E-state index in [9.17, 15) is 4.79 Å². The molecule has 0 fully saturated rings. The molecule has 0 rings (SSSR count). The Morgan fingerprint density at radius 1 is 1.88 bits per heavy atom. The smallest absolute Gasteiger partial charge is 0.338 e. The molecule has 0 aromatic heterocycles. The highest BCUT2D eigenvalue weighted by Gasteiger charge is 2.07. The topological polar surface area (TPSA) is 106 Å². The molecule has 1 unspecified atom stereocenters. The Hall–Kier alpha value is -1.26. The molecule has 0 bridgehead atoms. The first-order valence-electron chi connectivity index (χ1n) is 1.63. The number of azide groups is 1. The van der Waals surface area contributed by atoms with Gasteiger partial charge in [-0.15, -0.1) is 0 Å². The first kappa shape index (κ1) is 6.74. The maximum Gasteiger partial charge on any atom is 0.338 e. The second kappa shape index (κ2) is 2.84. The van der Waals surface area contributed by atoms with Gasteiger partial charge in [0.2, 0.25) is 6.23 Å². The van der Waals surface area contributed by atoms with Crippen LogP contribution in [0.2, 0.25) is 0 Å². The molecule has 0 aromatic carbocycles. The zero-order valence-electron chi connectivity index (χ0n) is 3.72. The van der Waals surface area contributed by atoms with E-state index in [-0.39, 0.29) is 0 Å². The third kappa shape index (κ3) is 2.01. The minimum Gasteiger partial charge on any atom is -0.479 e. The van der Waals surface area contributed by atoms with Gasteiger partial charge in [0.15, 0.2) is 0 Å². The molecule has 0 saturated heterocycles. The molecule has 0 heterocycles. The molecule has 2 N–H and O–H groups in total. The molecule has 8 heavy (non-hydrogen) atoms. The fourth-order valence-corrected chi connectivity index (χ4v) is 0.0983. The van der Waals surface area contributed by atoms with E-state index in [2.05, 4.69) is 10.0 Å². The first-order valence-corrected chi connectivity index (χ1v) is 1.63. The number of hydrogen-bond acceptors (Lipinski definition) is 3. The van der Waals surface area contributed by atoms with Crippen LogP contribution in [0, 0.1) is 0 Å². The van der Waals surface area contributed by atoms with Crippen LogP contribution in [0.3, 0.4) is 0 Å². The van der Waals surface area contributed by atoms with E-state index in [0.717, 1.165) is 0 Å². The second-order valence-corrected chi connectivity index (χ2v) is 0.917. The number of hydrogen-bond donors (Lipinski definition) is 2. The predicted octanol–water partition coefficient (Wildman–Crippen LogP) is -0.300. The van der Waals surface area contributed by atoms with E-state index in [1.165, 1.54) is 0 Å². The summed E-state index contributed by atoms with van der Waals surface area (Å²) in [6, 6.07) is 0. The Labute approximate surface area is 44.0 Å². The van der Waals surface area contributed by atoms with Crippen LogP contribution in [-0.2, 0) is 4.79 Å². The van der Waals surface area contributed by atoms with Crippen molar-refractivity contribution in [2.24, 2.45) is 5.11 Å². The van der Waals surface area contributed by atoms with Gasteiger partial charge in [-0.1, -0.05) is 5.11 Å². The van der Waals surface area contributed by atoms with Crippen molar-refractivity contribution in [1.29, 1.82) is 0 Å². The summed E-state index contributed by atoms with van der Waals surface area (Å²) < 4.78 is 0. The summed E-state index contributed by atoms with van der Waals surface area (Å²) in [5, 5.41) is 18.4. The van der Waals surface area contributed by atoms with Crippen LogP contribution in [0.1, 0.15) is 0 Å². The van der Waals surface area contributed by atoms with Crippen LogP contribution in [0.25, 0.3) is 10.4 Å². The van der Waals surface area contributed by atoms with E-state index < -0.39 is 12.2 Å². The van der Waals surface area contributed by atoms with Crippen LogP contribution in [0.5, 0.6) is 0 Å². The summed E-state index contributed by atoms with van der Waals surface area (Å²) >= 11 is 0. The fraction of sp³-hybridized carbons (Fsp3) is 0.500. The van der Waals surface area contributed by atoms with Gasteiger partial charge in [-0.3, -0.25) is 0 Å². The molecule has 1 atom stereocenters. The number of carboxylic acid groups (broad SMARTS) is 1. The van der Waals surface area contributed by atoms with E-state index in [1.54, 1.807) is 0 Å². The van der Waals surface area contributed by atoms with Gasteiger partial charge in [0.05, 0.1) is 0 Å². The van der Waals surface area contributed by atoms with Gasteiger partial charge in [-0.25, -0.2) is 4.79 Å². The summed E-state index contributed by atoms with van der Waals surface area (Å²) in [6.07, 6.45) is -1.96. The molecule has 0 aliphatic heterocycles. The highest BCUT2D eigenvalue weighted by atomic mass is 16.4. The lowest BCUT2D eigenvalue weighted by atomic mass is 10.6. The quantitative estimate of drug-likeness (QED) is 0.294. The minimum atomic E-state index is -1.96. The predicted molar refractivity (Wildman–Crippen MR) is 22.8 cm³/mol. The number of rotatable bonds is 2. The Kier molecular flexibility index (Phi) is 2.39. The molecule has 0 aromatic rings. The fourth-order valence-electron chi connectivity index (χ4n) is 0.0983. The van der Waals surface area contributed by atoms with E-state index >= 15 is 0 Å². The van der Waals surface area contributed by atoms with Crippen LogP contribution in [0.15, 0.2) is 5.11 Å². The number of aliphatic hydroxyl groups is 1. The summed E-state index contributed by atoms with van der Waals surface area (Å²) in [7, 11) is 0. The number of nitrogens with zero attached hydrogens (tertiary/aromatic N) is 3. The lowest BCUT2D eigenvalue weighted by Crippen LogP contribution is -2.15. The van der Waals surface area contributed by atoms with Crippen LogP contribution < -0.4 is 0 Å². The third-order valence-corrected chi connectivity index (χ3v) is 0.382. The van der Waals surface area contributed by atoms with Crippen molar-refractivity contribution < 1.29 is 15.0 Å². The Balaban J connectivity index is 3.82. The molecule has 0 aliphatic carbocycles. The van der Waals surface area contributed by atoms with Gasteiger partial charge in [0.1, 0.15) is 0 Å². The van der Waals surface area contributed by atoms with E-state index in [1.807, 2.05) is 0 Å². The van der Waals surface area contributed by atoms with Crippen molar-refractivity contribution in [3.05, 3.63) is 10.4 Å². The molecule has 0 aliphatic rings. The highest BCUT2D eigenvalue weighted by Crippen LogP contribution is 1.82. The Morgan fingerprint density at radius 2 is 2.38 bits per heavy atom. The zero-order chi connectivity index (χ0) is 6.57. The average molecular weight is 117 g/mol. The van der Waals surface area contributed by atoms with Gasteiger partial charge in [0.25, 0.3) is 0 Å². The monoisotopic (exact) mass is 117 g/mol. The van der Waals surface area contributed by atoms with Crippen molar-refractivity contribution in [1.82, 2.24) is 0 Å².